The molecule has 2 heterocycles. The molecule has 1 aliphatic rings. The van der Waals surface area contributed by atoms with Crippen molar-refractivity contribution in [1.29, 1.82) is 0 Å². The quantitative estimate of drug-likeness (QED) is 0.685. The van der Waals surface area contributed by atoms with Crippen molar-refractivity contribution < 1.29 is 23.8 Å². The van der Waals surface area contributed by atoms with Gasteiger partial charge < -0.3 is 19.0 Å². The molecule has 3 rings (SSSR count). The molecule has 8 heteroatoms. The van der Waals surface area contributed by atoms with Crippen LogP contribution in [0.2, 0.25) is 18.1 Å². The Balaban J connectivity index is 1.83. The zero-order valence-corrected chi connectivity index (χ0v) is 19.2. The number of ether oxygens (including phenoxy) is 2. The van der Waals surface area contributed by atoms with Crippen LogP contribution in [0.1, 0.15) is 33.3 Å². The summed E-state index contributed by atoms with van der Waals surface area (Å²) >= 11 is 0. The van der Waals surface area contributed by atoms with Gasteiger partial charge in [0.2, 0.25) is 0 Å². The number of hydrogen-bond acceptors (Lipinski definition) is 5. The van der Waals surface area contributed by atoms with E-state index in [1.165, 1.54) is 0 Å². The van der Waals surface area contributed by atoms with Gasteiger partial charge in [-0.1, -0.05) is 20.8 Å². The first-order chi connectivity index (χ1) is 13.5. The van der Waals surface area contributed by atoms with E-state index in [2.05, 4.69) is 45.9 Å². The molecule has 2 atom stereocenters. The van der Waals surface area contributed by atoms with E-state index in [-0.39, 0.29) is 23.9 Å². The second kappa shape index (κ2) is 8.08. The Bertz CT molecular complexity index is 887. The minimum atomic E-state index is -1.87. The van der Waals surface area contributed by atoms with Crippen LogP contribution in [-0.4, -0.2) is 54.6 Å². The van der Waals surface area contributed by atoms with Gasteiger partial charge in [-0.15, -0.1) is 0 Å². The van der Waals surface area contributed by atoms with Crippen LogP contribution in [0, 0.1) is 0 Å². The first-order valence-corrected chi connectivity index (χ1v) is 13.0. The predicted molar refractivity (Wildman–Crippen MR) is 114 cm³/mol. The Morgan fingerprint density at radius 1 is 1.41 bits per heavy atom. The number of nitrogens with zero attached hydrogens (tertiary/aromatic N) is 2. The van der Waals surface area contributed by atoms with Gasteiger partial charge in [-0.05, 0) is 37.2 Å². The lowest BCUT2D eigenvalue weighted by atomic mass is 10.0. The van der Waals surface area contributed by atoms with Gasteiger partial charge in [0.05, 0.1) is 30.5 Å². The highest BCUT2D eigenvalue weighted by atomic mass is 28.4. The predicted octanol–water partition coefficient (Wildman–Crippen LogP) is 3.85. The summed E-state index contributed by atoms with van der Waals surface area (Å²) in [6.45, 7) is 14.0. The van der Waals surface area contributed by atoms with Crippen LogP contribution in [0.4, 0.5) is 0 Å². The number of hydrogen-bond donors (Lipinski definition) is 1. The molecule has 0 bridgehead atoms. The third-order valence-corrected chi connectivity index (χ3v) is 10.5. The topological polar surface area (TPSA) is 82.8 Å². The number of benzene rings is 1. The average molecular weight is 421 g/mol. The largest absolute Gasteiger partial charge is 0.491 e. The number of aromatic nitrogens is 2. The Kier molecular flexibility index (Phi) is 6.07. The fourth-order valence-corrected chi connectivity index (χ4v) is 4.87. The van der Waals surface area contributed by atoms with Crippen molar-refractivity contribution in [3.05, 3.63) is 23.9 Å². The second-order valence-corrected chi connectivity index (χ2v) is 14.1. The molecule has 1 N–H and O–H groups in total. The lowest BCUT2D eigenvalue weighted by molar-refractivity contribution is -0.145. The van der Waals surface area contributed by atoms with Gasteiger partial charge in [-0.2, -0.15) is 5.10 Å². The van der Waals surface area contributed by atoms with Gasteiger partial charge in [0.1, 0.15) is 19.0 Å². The van der Waals surface area contributed by atoms with E-state index >= 15 is 0 Å². The number of aliphatic carboxylic acids is 1. The van der Waals surface area contributed by atoms with Crippen molar-refractivity contribution in [3.8, 4) is 5.75 Å². The van der Waals surface area contributed by atoms with Crippen LogP contribution in [0.3, 0.4) is 0 Å². The highest BCUT2D eigenvalue weighted by Gasteiger charge is 2.38. The van der Waals surface area contributed by atoms with Gasteiger partial charge in [-0.25, -0.2) is 4.79 Å². The van der Waals surface area contributed by atoms with E-state index in [0.29, 0.717) is 19.6 Å². The molecule has 0 unspecified atom stereocenters. The van der Waals surface area contributed by atoms with E-state index in [1.807, 2.05) is 23.0 Å². The summed E-state index contributed by atoms with van der Waals surface area (Å²) < 4.78 is 19.8. The molecule has 0 amide bonds. The lowest BCUT2D eigenvalue weighted by Gasteiger charge is -2.38. The maximum Gasteiger partial charge on any atom is 0.329 e. The summed E-state index contributed by atoms with van der Waals surface area (Å²) in [6.07, 6.45) is 2.20. The summed E-state index contributed by atoms with van der Waals surface area (Å²) in [4.78, 5) is 10.8. The van der Waals surface area contributed by atoms with E-state index in [9.17, 15) is 4.79 Å². The molecule has 0 spiro atoms. The summed E-state index contributed by atoms with van der Waals surface area (Å²) in [5.41, 5.74) is 2.03. The number of carboxylic acids is 1. The first kappa shape index (κ1) is 21.8. The molecule has 2 aromatic rings. The van der Waals surface area contributed by atoms with Crippen molar-refractivity contribution in [1.82, 2.24) is 9.78 Å². The Hall–Kier alpha value is -1.90. The number of rotatable bonds is 7. The smallest absolute Gasteiger partial charge is 0.329 e. The summed E-state index contributed by atoms with van der Waals surface area (Å²) in [5.74, 6) is -0.164. The molecule has 1 aromatic heterocycles. The van der Waals surface area contributed by atoms with Gasteiger partial charge in [0.25, 0.3) is 0 Å². The highest BCUT2D eigenvalue weighted by Crippen LogP contribution is 2.38. The van der Waals surface area contributed by atoms with Crippen LogP contribution in [-0.2, 0) is 26.9 Å². The number of fused-ring (bicyclic) bond motifs is 3. The van der Waals surface area contributed by atoms with Crippen LogP contribution >= 0.6 is 0 Å². The third kappa shape index (κ3) is 4.82. The molecule has 0 aliphatic carbocycles. The minimum absolute atomic E-state index is 0.0263. The normalized spacial score (nSPS) is 18.3. The zero-order valence-electron chi connectivity index (χ0n) is 18.2. The molecule has 0 radical (unpaired) electrons. The summed E-state index contributed by atoms with van der Waals surface area (Å²) in [7, 11) is -1.87. The highest BCUT2D eigenvalue weighted by molar-refractivity contribution is 6.74. The lowest BCUT2D eigenvalue weighted by Crippen LogP contribution is -2.44. The number of carbonyl (C=O) groups is 1. The first-order valence-electron chi connectivity index (χ1n) is 10.1. The van der Waals surface area contributed by atoms with Crippen LogP contribution in [0.15, 0.2) is 18.3 Å². The molecule has 1 aliphatic heterocycles. The molecule has 1 aromatic carbocycles. The Morgan fingerprint density at radius 2 is 2.14 bits per heavy atom. The minimum Gasteiger partial charge on any atom is -0.491 e. The third-order valence-electron chi connectivity index (χ3n) is 5.90. The fraction of sp³-hybridized carbons (Fsp3) is 0.619. The molecular weight excluding hydrogens is 388 g/mol. The SMILES string of the molecule is C[C@H](Cn1ncc2ccc3c(c21)C[C@@H](OCC(=O)O)CO3)O[Si](C)(C)C(C)(C)C. The molecule has 7 nitrogen and oxygen atoms in total. The molecular formula is C21H32N2O5Si. The number of carboxylic acid groups (broad SMARTS) is 1. The monoisotopic (exact) mass is 420 g/mol. The molecule has 0 saturated heterocycles. The second-order valence-electron chi connectivity index (χ2n) is 9.34. The van der Waals surface area contributed by atoms with Crippen molar-refractivity contribution in [2.24, 2.45) is 0 Å². The van der Waals surface area contributed by atoms with E-state index in [1.54, 1.807) is 0 Å². The standard InChI is InChI=1S/C21H32N2O5Si/c1-14(28-29(5,6)21(2,3)4)11-23-20-15(10-22-23)7-8-18-17(20)9-16(12-27-18)26-13-19(24)25/h7-8,10,14,16H,9,11-13H2,1-6H3,(H,24,25)/t14-,16-/m1/s1. The van der Waals surface area contributed by atoms with Crippen LogP contribution in [0.25, 0.3) is 10.9 Å². The van der Waals surface area contributed by atoms with Crippen molar-refractivity contribution in [2.45, 2.75) is 71.0 Å². The fourth-order valence-electron chi connectivity index (χ4n) is 3.43. The zero-order chi connectivity index (χ0) is 21.4. The average Bonchev–Trinajstić information content (AvgIpc) is 3.01. The summed E-state index contributed by atoms with van der Waals surface area (Å²) in [6, 6.07) is 3.96. The van der Waals surface area contributed by atoms with Crippen LogP contribution in [0.5, 0.6) is 5.75 Å². The van der Waals surface area contributed by atoms with Gasteiger partial charge >= 0.3 is 5.97 Å². The Morgan fingerprint density at radius 3 is 2.79 bits per heavy atom. The maximum absolute atomic E-state index is 10.8. The van der Waals surface area contributed by atoms with E-state index < -0.39 is 14.3 Å². The van der Waals surface area contributed by atoms with E-state index in [0.717, 1.165) is 22.2 Å². The summed E-state index contributed by atoms with van der Waals surface area (Å²) in [5, 5.41) is 14.7. The molecule has 160 valence electrons. The van der Waals surface area contributed by atoms with Crippen molar-refractivity contribution >= 4 is 25.2 Å². The molecule has 0 saturated carbocycles. The van der Waals surface area contributed by atoms with Crippen molar-refractivity contribution in [3.63, 3.8) is 0 Å². The molecule has 29 heavy (non-hydrogen) atoms. The van der Waals surface area contributed by atoms with Gasteiger partial charge in [0.15, 0.2) is 8.32 Å². The maximum atomic E-state index is 10.8. The van der Waals surface area contributed by atoms with Crippen molar-refractivity contribution in [2.75, 3.05) is 13.2 Å². The van der Waals surface area contributed by atoms with Gasteiger partial charge in [-0.3, -0.25) is 4.68 Å². The molecule has 0 fully saturated rings. The van der Waals surface area contributed by atoms with Gasteiger partial charge in [0, 0.05) is 17.4 Å². The van der Waals surface area contributed by atoms with E-state index in [4.69, 9.17) is 19.0 Å². The van der Waals surface area contributed by atoms with Crippen LogP contribution < -0.4 is 4.74 Å². The Labute approximate surface area is 173 Å².